The molecule has 0 unspecified atom stereocenters. The van der Waals surface area contributed by atoms with Gasteiger partial charge in [0.25, 0.3) is 5.91 Å². The minimum absolute atomic E-state index is 0.176. The Morgan fingerprint density at radius 3 is 2.07 bits per heavy atom. The van der Waals surface area contributed by atoms with Gasteiger partial charge in [-0.1, -0.05) is 50.3 Å². The summed E-state index contributed by atoms with van der Waals surface area (Å²) in [7, 11) is -2.34. The lowest BCUT2D eigenvalue weighted by atomic mass is 9.93. The fraction of sp³-hybridized carbons (Fsp3) is 0.258. The normalized spacial score (nSPS) is 11.6. The van der Waals surface area contributed by atoms with Crippen molar-refractivity contribution in [2.24, 2.45) is 10.8 Å². The van der Waals surface area contributed by atoms with Gasteiger partial charge in [-0.15, -0.1) is 0 Å². The summed E-state index contributed by atoms with van der Waals surface area (Å²) >= 11 is 0. The largest absolute Gasteiger partial charge is 0.400 e. The van der Waals surface area contributed by atoms with Crippen LogP contribution in [0.4, 0.5) is 11.4 Å². The average Bonchev–Trinajstić information content (AvgIpc) is 2.97. The predicted octanol–water partition coefficient (Wildman–Crippen LogP) is 4.86. The van der Waals surface area contributed by atoms with Gasteiger partial charge < -0.3 is 16.2 Å². The van der Waals surface area contributed by atoms with Crippen molar-refractivity contribution >= 4 is 45.4 Å². The van der Waals surface area contributed by atoms with Gasteiger partial charge in [0, 0.05) is 24.6 Å². The minimum atomic E-state index is -3.34. The van der Waals surface area contributed by atoms with Gasteiger partial charge >= 0.3 is 0 Å². The van der Waals surface area contributed by atoms with Crippen LogP contribution in [0.1, 0.15) is 42.5 Å². The number of benzene rings is 3. The van der Waals surface area contributed by atoms with Crippen LogP contribution in [-0.2, 0) is 25.8 Å². The molecule has 4 rings (SSSR count). The Kier molecular flexibility index (Phi) is 14.8. The molecule has 2 amide bonds. The Balaban J connectivity index is 0.000000590. The Labute approximate surface area is 243 Å². The van der Waals surface area contributed by atoms with Gasteiger partial charge in [-0.3, -0.25) is 9.59 Å². The molecule has 0 heterocycles. The third kappa shape index (κ3) is 10.7. The van der Waals surface area contributed by atoms with Crippen molar-refractivity contribution in [3.63, 3.8) is 0 Å². The number of carbonyl (C=O) groups is 2. The fourth-order valence-electron chi connectivity index (χ4n) is 3.75. The van der Waals surface area contributed by atoms with Gasteiger partial charge in [-0.05, 0) is 79.8 Å². The highest BCUT2D eigenvalue weighted by Crippen LogP contribution is 2.34. The lowest BCUT2D eigenvalue weighted by molar-refractivity contribution is -0.111. The van der Waals surface area contributed by atoms with Crippen LogP contribution >= 0.6 is 0 Å². The number of anilines is 2. The van der Waals surface area contributed by atoms with E-state index in [1.807, 2.05) is 38.1 Å². The summed E-state index contributed by atoms with van der Waals surface area (Å²) in [6, 6.07) is 20.1. The van der Waals surface area contributed by atoms with Crippen LogP contribution in [0.25, 0.3) is 5.70 Å². The number of aryl methyl sites for hydroxylation is 3. The first-order valence-electron chi connectivity index (χ1n) is 13.0. The molecule has 0 radical (unpaired) electrons. The van der Waals surface area contributed by atoms with Crippen molar-refractivity contribution in [3.8, 4) is 0 Å². The molecule has 0 atom stereocenters. The molecule has 1 aliphatic rings. The quantitative estimate of drug-likeness (QED) is 0.207. The number of nitrogens with one attached hydrogen (secondary N) is 1. The second kappa shape index (κ2) is 17.4. The van der Waals surface area contributed by atoms with Crippen molar-refractivity contribution in [1.82, 2.24) is 0 Å². The molecule has 0 spiro atoms. The molecule has 41 heavy (non-hydrogen) atoms. The van der Waals surface area contributed by atoms with E-state index in [9.17, 15) is 18.0 Å². The lowest BCUT2D eigenvalue weighted by Gasteiger charge is -2.27. The Hall–Kier alpha value is -4.28. The third-order valence-corrected chi connectivity index (χ3v) is 6.95. The number of hydrazone groups is 1. The summed E-state index contributed by atoms with van der Waals surface area (Å²) in [6.07, 6.45) is 6.27. The molecular weight excluding hydrogens is 540 g/mol. The summed E-state index contributed by atoms with van der Waals surface area (Å²) in [5.74, 6) is -0.712. The summed E-state index contributed by atoms with van der Waals surface area (Å²) in [5.41, 5.74) is 11.7. The minimum Gasteiger partial charge on any atom is -0.400 e. The number of nitrogens with zero attached hydrogens (tertiary/aromatic N) is 2. The van der Waals surface area contributed by atoms with Crippen LogP contribution < -0.4 is 16.1 Å². The number of primary amides is 1. The van der Waals surface area contributed by atoms with Gasteiger partial charge in [0.1, 0.15) is 6.21 Å². The monoisotopic (exact) mass is 580 g/mol. The summed E-state index contributed by atoms with van der Waals surface area (Å²) in [6.45, 7) is 8.24. The lowest BCUT2D eigenvalue weighted by Crippen LogP contribution is -2.21. The number of carbonyl (C=O) groups excluding carboxylic acids is 2. The highest BCUT2D eigenvalue weighted by atomic mass is 32.2. The second-order valence-electron chi connectivity index (χ2n) is 8.57. The molecule has 0 saturated carbocycles. The van der Waals surface area contributed by atoms with Crippen molar-refractivity contribution in [1.29, 1.82) is 0 Å². The van der Waals surface area contributed by atoms with E-state index in [-0.39, 0.29) is 4.90 Å². The smallest absolute Gasteiger partial charge is 0.261 e. The van der Waals surface area contributed by atoms with Gasteiger partial charge in [0.05, 0.1) is 16.3 Å². The predicted molar refractivity (Wildman–Crippen MR) is 168 cm³/mol. The number of aliphatic hydroxyl groups excluding tert-OH is 1. The van der Waals surface area contributed by atoms with E-state index >= 15 is 0 Å². The van der Waals surface area contributed by atoms with Crippen LogP contribution in [0.15, 0.2) is 82.8 Å². The van der Waals surface area contributed by atoms with E-state index in [1.54, 1.807) is 12.1 Å². The van der Waals surface area contributed by atoms with E-state index in [4.69, 9.17) is 10.8 Å². The zero-order chi connectivity index (χ0) is 31.0. The maximum absolute atomic E-state index is 11.7. The van der Waals surface area contributed by atoms with Crippen molar-refractivity contribution in [2.45, 2.75) is 45.4 Å². The number of fused-ring (bicyclic) bond motifs is 1. The molecule has 4 N–H and O–H groups in total. The molecule has 1 aliphatic carbocycles. The number of amides is 2. The van der Waals surface area contributed by atoms with Crippen molar-refractivity contribution in [2.75, 3.05) is 23.7 Å². The van der Waals surface area contributed by atoms with E-state index in [1.165, 1.54) is 28.3 Å². The molecule has 0 bridgehead atoms. The Bertz CT molecular complexity index is 1430. The molecule has 3 aromatic rings. The highest BCUT2D eigenvalue weighted by Gasteiger charge is 2.21. The fourth-order valence-corrected chi connectivity index (χ4v) is 4.38. The SMILES string of the molecule is CC.CO.CS(=O)(=O)c1ccc(N(/N=C/C(N)=O)C2=CCCc3ccc(NC=O)cc32)cc1.Cc1ccccc1C. The van der Waals surface area contributed by atoms with Gasteiger partial charge in [0.2, 0.25) is 6.41 Å². The van der Waals surface area contributed by atoms with Crippen LogP contribution in [-0.4, -0.2) is 45.4 Å². The molecule has 0 saturated heterocycles. The van der Waals surface area contributed by atoms with Crippen molar-refractivity contribution < 1.29 is 23.1 Å². The average molecular weight is 581 g/mol. The van der Waals surface area contributed by atoms with Gasteiger partial charge in [0.15, 0.2) is 9.84 Å². The number of allylic oxidation sites excluding steroid dienone is 1. The topological polar surface area (TPSA) is 142 Å². The molecule has 0 aromatic heterocycles. The third-order valence-electron chi connectivity index (χ3n) is 5.83. The van der Waals surface area contributed by atoms with Crippen LogP contribution in [0.3, 0.4) is 0 Å². The Morgan fingerprint density at radius 2 is 1.59 bits per heavy atom. The first-order valence-corrected chi connectivity index (χ1v) is 14.9. The number of rotatable bonds is 7. The highest BCUT2D eigenvalue weighted by molar-refractivity contribution is 7.90. The number of hydrogen-bond donors (Lipinski definition) is 3. The molecule has 3 aromatic carbocycles. The molecule has 0 aliphatic heterocycles. The first-order chi connectivity index (χ1) is 19.6. The summed E-state index contributed by atoms with van der Waals surface area (Å²) < 4.78 is 23.5. The maximum Gasteiger partial charge on any atom is 0.261 e. The van der Waals surface area contributed by atoms with Crippen molar-refractivity contribution in [3.05, 3.63) is 95.1 Å². The standard InChI is InChI=1S/C20H20N4O4S.C8H10.C2H6.CH4O/c1-29(27,28)17-9-7-16(8-10-17)24(23-12-20(21)26)19-4-2-3-14-5-6-15(22-13-25)11-18(14)19;1-7-5-3-4-6-8(7)2;2*1-2/h4-13H,2-3H2,1H3,(H2,21,26)(H,22,25);3-6H,1-2H3;1-2H3;2H,1H3/b23-12+;;;. The second-order valence-corrected chi connectivity index (χ2v) is 10.6. The summed E-state index contributed by atoms with van der Waals surface area (Å²) in [4.78, 5) is 22.3. The number of aliphatic hydroxyl groups is 1. The van der Waals surface area contributed by atoms with Crippen LogP contribution in [0.2, 0.25) is 0 Å². The van der Waals surface area contributed by atoms with Gasteiger partial charge in [-0.2, -0.15) is 5.10 Å². The van der Waals surface area contributed by atoms with Gasteiger partial charge in [-0.25, -0.2) is 13.4 Å². The molecule has 10 heteroatoms. The zero-order valence-corrected chi connectivity index (χ0v) is 25.3. The van der Waals surface area contributed by atoms with E-state index in [2.05, 4.69) is 48.5 Å². The van der Waals surface area contributed by atoms with Crippen LogP contribution in [0, 0.1) is 13.8 Å². The number of sulfone groups is 1. The molecular formula is C31H40N4O5S. The molecule has 0 fully saturated rings. The maximum atomic E-state index is 11.7. The zero-order valence-electron chi connectivity index (χ0n) is 24.5. The van der Waals surface area contributed by atoms with E-state index in [0.29, 0.717) is 23.5 Å². The summed E-state index contributed by atoms with van der Waals surface area (Å²) in [5, 5.41) is 15.4. The molecule has 220 valence electrons. The number of hydrogen-bond acceptors (Lipinski definition) is 7. The van der Waals surface area contributed by atoms with E-state index < -0.39 is 15.7 Å². The number of nitrogens with two attached hydrogens (primary N) is 1. The molecule has 9 nitrogen and oxygen atoms in total. The van der Waals surface area contributed by atoms with E-state index in [0.717, 1.165) is 43.5 Å². The first kappa shape index (κ1) is 34.7. The van der Waals surface area contributed by atoms with Crippen LogP contribution in [0.5, 0.6) is 0 Å². The Morgan fingerprint density at radius 1 is 1.00 bits per heavy atom.